The fourth-order valence-corrected chi connectivity index (χ4v) is 3.57. The Kier molecular flexibility index (Phi) is 5.20. The summed E-state index contributed by atoms with van der Waals surface area (Å²) in [5.74, 6) is -0.769. The van der Waals surface area contributed by atoms with E-state index in [1.807, 2.05) is 30.3 Å². The van der Waals surface area contributed by atoms with E-state index in [9.17, 15) is 4.79 Å². The number of carbonyl (C=O) groups is 1. The molecule has 0 saturated carbocycles. The number of carboxylic acid groups (broad SMARTS) is 1. The molecule has 0 spiro atoms. The minimum atomic E-state index is -0.769. The minimum absolute atomic E-state index is 0.139. The van der Waals surface area contributed by atoms with Gasteiger partial charge in [0.05, 0.1) is 13.0 Å². The van der Waals surface area contributed by atoms with Crippen molar-refractivity contribution in [2.75, 3.05) is 11.4 Å². The first-order chi connectivity index (χ1) is 9.56. The molecule has 1 aromatic heterocycles. The van der Waals surface area contributed by atoms with E-state index in [0.29, 0.717) is 6.54 Å². The van der Waals surface area contributed by atoms with Gasteiger partial charge in [0.1, 0.15) is 0 Å². The maximum Gasteiger partial charge on any atom is 0.305 e. The third-order valence-electron chi connectivity index (χ3n) is 2.97. The molecule has 1 aromatic carbocycles. The average Bonchev–Trinajstić information content (AvgIpc) is 2.74. The van der Waals surface area contributed by atoms with Crippen LogP contribution in [-0.4, -0.2) is 17.6 Å². The molecular formula is C15H16BrNO2S. The predicted octanol–water partition coefficient (Wildman–Crippen LogP) is 4.30. The summed E-state index contributed by atoms with van der Waals surface area (Å²) in [5, 5.41) is 8.89. The maximum absolute atomic E-state index is 10.8. The van der Waals surface area contributed by atoms with Crippen molar-refractivity contribution in [3.63, 3.8) is 0 Å². The highest BCUT2D eigenvalue weighted by molar-refractivity contribution is 9.10. The number of thiophene rings is 1. The smallest absolute Gasteiger partial charge is 0.305 e. The van der Waals surface area contributed by atoms with Crippen LogP contribution in [0.5, 0.6) is 0 Å². The molecule has 1 heterocycles. The van der Waals surface area contributed by atoms with E-state index in [-0.39, 0.29) is 6.42 Å². The van der Waals surface area contributed by atoms with Crippen LogP contribution in [0.4, 0.5) is 5.69 Å². The van der Waals surface area contributed by atoms with Gasteiger partial charge in [-0.1, -0.05) is 18.2 Å². The molecule has 3 nitrogen and oxygen atoms in total. The summed E-state index contributed by atoms with van der Waals surface area (Å²) in [6.45, 7) is 3.31. The van der Waals surface area contributed by atoms with E-state index in [1.54, 1.807) is 11.3 Å². The van der Waals surface area contributed by atoms with Crippen LogP contribution >= 0.6 is 27.3 Å². The summed E-state index contributed by atoms with van der Waals surface area (Å²) >= 11 is 5.26. The van der Waals surface area contributed by atoms with Gasteiger partial charge in [0.15, 0.2) is 0 Å². The lowest BCUT2D eigenvalue weighted by Crippen LogP contribution is -2.25. The van der Waals surface area contributed by atoms with Crippen molar-refractivity contribution in [1.29, 1.82) is 0 Å². The van der Waals surface area contributed by atoms with Gasteiger partial charge in [0.25, 0.3) is 0 Å². The Labute approximate surface area is 131 Å². The second-order valence-electron chi connectivity index (χ2n) is 4.52. The molecule has 0 atom stereocenters. The molecule has 1 N–H and O–H groups in total. The zero-order valence-electron chi connectivity index (χ0n) is 11.2. The molecule has 2 rings (SSSR count). The zero-order valence-corrected chi connectivity index (χ0v) is 13.6. The maximum atomic E-state index is 10.8. The molecular weight excluding hydrogens is 338 g/mol. The second kappa shape index (κ2) is 6.90. The van der Waals surface area contributed by atoms with Gasteiger partial charge in [-0.15, -0.1) is 11.3 Å². The lowest BCUT2D eigenvalue weighted by Gasteiger charge is -2.23. The summed E-state index contributed by atoms with van der Waals surface area (Å²) < 4.78 is 1.11. The Morgan fingerprint density at radius 3 is 2.60 bits per heavy atom. The summed E-state index contributed by atoms with van der Waals surface area (Å²) in [4.78, 5) is 15.4. The normalized spacial score (nSPS) is 10.5. The lowest BCUT2D eigenvalue weighted by atomic mass is 10.2. The van der Waals surface area contributed by atoms with Crippen molar-refractivity contribution in [1.82, 2.24) is 0 Å². The summed E-state index contributed by atoms with van der Waals surface area (Å²) in [7, 11) is 0. The Morgan fingerprint density at radius 1 is 1.35 bits per heavy atom. The average molecular weight is 354 g/mol. The SMILES string of the molecule is Cc1sc(CN(CCC(=O)O)c2ccccc2)cc1Br. The first kappa shape index (κ1) is 15.1. The molecule has 20 heavy (non-hydrogen) atoms. The van der Waals surface area contributed by atoms with Crippen molar-refractivity contribution in [2.45, 2.75) is 19.9 Å². The number of para-hydroxylation sites is 1. The lowest BCUT2D eigenvalue weighted by molar-refractivity contribution is -0.136. The third-order valence-corrected chi connectivity index (χ3v) is 5.09. The molecule has 106 valence electrons. The van der Waals surface area contributed by atoms with Crippen molar-refractivity contribution < 1.29 is 9.90 Å². The number of rotatable bonds is 6. The molecule has 0 bridgehead atoms. The van der Waals surface area contributed by atoms with E-state index in [2.05, 4.69) is 33.8 Å². The number of aliphatic carboxylic acids is 1. The van der Waals surface area contributed by atoms with Gasteiger partial charge >= 0.3 is 5.97 Å². The summed E-state index contributed by atoms with van der Waals surface area (Å²) in [6, 6.07) is 12.0. The van der Waals surface area contributed by atoms with Gasteiger partial charge in [-0.25, -0.2) is 0 Å². The van der Waals surface area contributed by atoms with Gasteiger partial charge in [0.2, 0.25) is 0 Å². The first-order valence-corrected chi connectivity index (χ1v) is 7.94. The molecule has 0 amide bonds. The number of nitrogens with zero attached hydrogens (tertiary/aromatic N) is 1. The highest BCUT2D eigenvalue weighted by atomic mass is 79.9. The quantitative estimate of drug-likeness (QED) is 0.841. The number of benzene rings is 1. The highest BCUT2D eigenvalue weighted by Gasteiger charge is 2.11. The van der Waals surface area contributed by atoms with Crippen LogP contribution in [0.3, 0.4) is 0 Å². The van der Waals surface area contributed by atoms with Gasteiger partial charge in [0, 0.05) is 26.5 Å². The molecule has 0 aliphatic rings. The number of hydrogen-bond acceptors (Lipinski definition) is 3. The Hall–Kier alpha value is -1.33. The van der Waals surface area contributed by atoms with Gasteiger partial charge in [-0.2, -0.15) is 0 Å². The largest absolute Gasteiger partial charge is 0.481 e. The van der Waals surface area contributed by atoms with E-state index < -0.39 is 5.97 Å². The van der Waals surface area contributed by atoms with Crippen molar-refractivity contribution in [3.05, 3.63) is 50.6 Å². The van der Waals surface area contributed by atoms with Crippen molar-refractivity contribution >= 4 is 38.9 Å². The Morgan fingerprint density at radius 2 is 2.05 bits per heavy atom. The predicted molar refractivity (Wildman–Crippen MR) is 86.5 cm³/mol. The van der Waals surface area contributed by atoms with Crippen LogP contribution in [0, 0.1) is 6.92 Å². The standard InChI is InChI=1S/C15H16BrNO2S/c1-11-14(16)9-13(20-11)10-17(8-7-15(18)19)12-5-3-2-4-6-12/h2-6,9H,7-8,10H2,1H3,(H,18,19). The third kappa shape index (κ3) is 4.08. The Balaban J connectivity index is 2.16. The van der Waals surface area contributed by atoms with Gasteiger partial charge in [-0.05, 0) is 41.1 Å². The van der Waals surface area contributed by atoms with Crippen molar-refractivity contribution in [2.24, 2.45) is 0 Å². The summed E-state index contributed by atoms with van der Waals surface area (Å²) in [6.07, 6.45) is 0.139. The highest BCUT2D eigenvalue weighted by Crippen LogP contribution is 2.28. The van der Waals surface area contributed by atoms with Crippen molar-refractivity contribution in [3.8, 4) is 0 Å². The fourth-order valence-electron chi connectivity index (χ4n) is 1.95. The molecule has 5 heteroatoms. The molecule has 0 saturated heterocycles. The summed E-state index contributed by atoms with van der Waals surface area (Å²) in [5.41, 5.74) is 1.05. The fraction of sp³-hybridized carbons (Fsp3) is 0.267. The Bertz CT molecular complexity index is 563. The number of halogens is 1. The molecule has 0 aliphatic heterocycles. The molecule has 0 unspecified atom stereocenters. The van der Waals surface area contributed by atoms with Crippen LogP contribution in [0.25, 0.3) is 0 Å². The molecule has 2 aromatic rings. The number of aryl methyl sites for hydroxylation is 1. The molecule has 0 radical (unpaired) electrons. The topological polar surface area (TPSA) is 40.5 Å². The van der Waals surface area contributed by atoms with Crippen LogP contribution in [0.1, 0.15) is 16.2 Å². The second-order valence-corrected chi connectivity index (χ2v) is 6.71. The zero-order chi connectivity index (χ0) is 14.5. The van der Waals surface area contributed by atoms with E-state index in [1.165, 1.54) is 9.75 Å². The van der Waals surface area contributed by atoms with Crippen LogP contribution in [-0.2, 0) is 11.3 Å². The van der Waals surface area contributed by atoms with Gasteiger partial charge in [-0.3, -0.25) is 4.79 Å². The monoisotopic (exact) mass is 353 g/mol. The van der Waals surface area contributed by atoms with Gasteiger partial charge < -0.3 is 10.0 Å². The van der Waals surface area contributed by atoms with E-state index in [0.717, 1.165) is 16.7 Å². The number of hydrogen-bond donors (Lipinski definition) is 1. The van der Waals surface area contributed by atoms with Crippen LogP contribution < -0.4 is 4.90 Å². The van der Waals surface area contributed by atoms with Crippen LogP contribution in [0.2, 0.25) is 0 Å². The molecule has 0 fully saturated rings. The van der Waals surface area contributed by atoms with E-state index >= 15 is 0 Å². The minimum Gasteiger partial charge on any atom is -0.481 e. The number of carboxylic acids is 1. The molecule has 0 aliphatic carbocycles. The van der Waals surface area contributed by atoms with Crippen LogP contribution in [0.15, 0.2) is 40.9 Å². The van der Waals surface area contributed by atoms with E-state index in [4.69, 9.17) is 5.11 Å². The number of anilines is 1. The first-order valence-electron chi connectivity index (χ1n) is 6.33.